The highest BCUT2D eigenvalue weighted by Gasteiger charge is 2.16. The first-order chi connectivity index (χ1) is 14.5. The van der Waals surface area contributed by atoms with Crippen LogP contribution < -0.4 is 20.1 Å². The van der Waals surface area contributed by atoms with E-state index in [-0.39, 0.29) is 37.3 Å². The van der Waals surface area contributed by atoms with Crippen LogP contribution in [-0.4, -0.2) is 48.8 Å². The molecule has 0 atom stereocenters. The third kappa shape index (κ3) is 5.95. The van der Waals surface area contributed by atoms with Crippen molar-refractivity contribution in [3.05, 3.63) is 59.4 Å². The molecule has 0 aliphatic heterocycles. The van der Waals surface area contributed by atoms with E-state index < -0.39 is 5.91 Å². The van der Waals surface area contributed by atoms with Gasteiger partial charge in [-0.1, -0.05) is 28.9 Å². The van der Waals surface area contributed by atoms with Gasteiger partial charge in [0, 0.05) is 23.7 Å². The van der Waals surface area contributed by atoms with E-state index in [0.29, 0.717) is 22.1 Å². The predicted molar refractivity (Wildman–Crippen MR) is 109 cm³/mol. The van der Waals surface area contributed by atoms with Crippen molar-refractivity contribution >= 4 is 23.4 Å². The molecule has 0 aliphatic carbocycles. The summed E-state index contributed by atoms with van der Waals surface area (Å²) in [4.78, 5) is 27.9. The van der Waals surface area contributed by atoms with Gasteiger partial charge in [-0.05, 0) is 36.4 Å². The minimum atomic E-state index is -0.542. The van der Waals surface area contributed by atoms with E-state index >= 15 is 0 Å². The Morgan fingerprint density at radius 2 is 1.80 bits per heavy atom. The summed E-state index contributed by atoms with van der Waals surface area (Å²) in [5.74, 6) is 0.459. The first-order valence-electron chi connectivity index (χ1n) is 8.96. The lowest BCUT2D eigenvalue weighted by Gasteiger charge is -2.08. The number of benzene rings is 2. The summed E-state index contributed by atoms with van der Waals surface area (Å²) in [6.07, 6.45) is 0. The fourth-order valence-corrected chi connectivity index (χ4v) is 2.58. The molecule has 0 unspecified atom stereocenters. The third-order valence-electron chi connectivity index (χ3n) is 3.87. The monoisotopic (exact) mass is 430 g/mol. The summed E-state index contributed by atoms with van der Waals surface area (Å²) >= 11 is 5.93. The predicted octanol–water partition coefficient (Wildman–Crippen LogP) is 2.32. The average molecular weight is 431 g/mol. The normalized spacial score (nSPS) is 10.3. The Balaban J connectivity index is 1.37. The van der Waals surface area contributed by atoms with Crippen LogP contribution in [0.25, 0.3) is 11.4 Å². The standard InChI is InChI=1S/C20H19ClN4O5/c1-28-15-5-7-16(8-6-15)29-12-17(26)22-9-10-23-19(27)20-24-18(25-30-20)13-3-2-4-14(21)11-13/h2-8,11H,9-10,12H2,1H3,(H,22,26)(H,23,27). The molecular weight excluding hydrogens is 412 g/mol. The molecule has 30 heavy (non-hydrogen) atoms. The maximum absolute atomic E-state index is 12.1. The van der Waals surface area contributed by atoms with Crippen LogP contribution in [-0.2, 0) is 4.79 Å². The topological polar surface area (TPSA) is 116 Å². The molecule has 3 rings (SSSR count). The molecule has 3 aromatic rings. The smallest absolute Gasteiger partial charge is 0.316 e. The zero-order valence-corrected chi connectivity index (χ0v) is 16.8. The molecule has 0 radical (unpaired) electrons. The van der Waals surface area contributed by atoms with Gasteiger partial charge in [0.1, 0.15) is 11.5 Å². The lowest BCUT2D eigenvalue weighted by molar-refractivity contribution is -0.123. The number of rotatable bonds is 9. The summed E-state index contributed by atoms with van der Waals surface area (Å²) in [6, 6.07) is 13.8. The number of aromatic nitrogens is 2. The lowest BCUT2D eigenvalue weighted by Crippen LogP contribution is -2.36. The van der Waals surface area contributed by atoms with Crippen LogP contribution in [0.3, 0.4) is 0 Å². The molecule has 2 N–H and O–H groups in total. The van der Waals surface area contributed by atoms with E-state index in [4.69, 9.17) is 25.6 Å². The summed E-state index contributed by atoms with van der Waals surface area (Å²) in [5, 5.41) is 9.51. The highest BCUT2D eigenvalue weighted by molar-refractivity contribution is 6.30. The molecule has 10 heteroatoms. The number of hydrogen-bond donors (Lipinski definition) is 2. The molecule has 0 bridgehead atoms. The molecule has 156 valence electrons. The second-order valence-corrected chi connectivity index (χ2v) is 6.44. The minimum absolute atomic E-state index is 0.146. The van der Waals surface area contributed by atoms with Gasteiger partial charge in [0.2, 0.25) is 5.82 Å². The van der Waals surface area contributed by atoms with Crippen molar-refractivity contribution in [3.63, 3.8) is 0 Å². The Morgan fingerprint density at radius 1 is 1.07 bits per heavy atom. The van der Waals surface area contributed by atoms with Gasteiger partial charge in [0.25, 0.3) is 5.91 Å². The van der Waals surface area contributed by atoms with Crippen molar-refractivity contribution in [3.8, 4) is 22.9 Å². The number of methoxy groups -OCH3 is 1. The van der Waals surface area contributed by atoms with Crippen LogP contribution in [0, 0.1) is 0 Å². The van der Waals surface area contributed by atoms with Crippen molar-refractivity contribution in [2.24, 2.45) is 0 Å². The first kappa shape index (κ1) is 21.1. The number of ether oxygens (including phenoxy) is 2. The summed E-state index contributed by atoms with van der Waals surface area (Å²) in [5.41, 5.74) is 0.634. The van der Waals surface area contributed by atoms with Crippen molar-refractivity contribution in [1.29, 1.82) is 0 Å². The van der Waals surface area contributed by atoms with Gasteiger partial charge in [0.05, 0.1) is 7.11 Å². The molecule has 0 saturated heterocycles. The molecule has 1 aromatic heterocycles. The van der Waals surface area contributed by atoms with Crippen LogP contribution >= 0.6 is 11.6 Å². The van der Waals surface area contributed by atoms with Crippen LogP contribution in [0.1, 0.15) is 10.7 Å². The SMILES string of the molecule is COc1ccc(OCC(=O)NCCNC(=O)c2nc(-c3cccc(Cl)c3)no2)cc1. The van der Waals surface area contributed by atoms with Crippen molar-refractivity contribution in [2.45, 2.75) is 0 Å². The molecule has 0 spiro atoms. The van der Waals surface area contributed by atoms with E-state index in [1.165, 1.54) is 0 Å². The van der Waals surface area contributed by atoms with Gasteiger partial charge >= 0.3 is 11.8 Å². The van der Waals surface area contributed by atoms with E-state index in [0.717, 1.165) is 0 Å². The van der Waals surface area contributed by atoms with Crippen molar-refractivity contribution in [2.75, 3.05) is 26.8 Å². The van der Waals surface area contributed by atoms with E-state index in [9.17, 15) is 9.59 Å². The number of nitrogens with one attached hydrogen (secondary N) is 2. The van der Waals surface area contributed by atoms with Crippen molar-refractivity contribution in [1.82, 2.24) is 20.8 Å². The Morgan fingerprint density at radius 3 is 2.53 bits per heavy atom. The maximum Gasteiger partial charge on any atom is 0.316 e. The quantitative estimate of drug-likeness (QED) is 0.500. The molecule has 9 nitrogen and oxygen atoms in total. The van der Waals surface area contributed by atoms with E-state index in [1.807, 2.05) is 0 Å². The first-order valence-corrected chi connectivity index (χ1v) is 9.34. The fourth-order valence-electron chi connectivity index (χ4n) is 2.39. The molecule has 2 aromatic carbocycles. The largest absolute Gasteiger partial charge is 0.497 e. The van der Waals surface area contributed by atoms with Crippen molar-refractivity contribution < 1.29 is 23.6 Å². The zero-order chi connectivity index (χ0) is 21.3. The van der Waals surface area contributed by atoms with Crippen LogP contribution in [0.15, 0.2) is 53.1 Å². The highest BCUT2D eigenvalue weighted by atomic mass is 35.5. The van der Waals surface area contributed by atoms with Gasteiger partial charge in [-0.2, -0.15) is 4.98 Å². The van der Waals surface area contributed by atoms with E-state index in [1.54, 1.807) is 55.6 Å². The molecule has 0 fully saturated rings. The second kappa shape index (κ2) is 10.3. The number of amides is 2. The molecular formula is C20H19ClN4O5. The molecule has 2 amide bonds. The van der Waals surface area contributed by atoms with Crippen LogP contribution in [0.2, 0.25) is 5.02 Å². The molecule has 1 heterocycles. The van der Waals surface area contributed by atoms with Gasteiger partial charge in [-0.25, -0.2) is 0 Å². The molecule has 0 saturated carbocycles. The average Bonchev–Trinajstić information content (AvgIpc) is 3.26. The third-order valence-corrected chi connectivity index (χ3v) is 4.10. The maximum atomic E-state index is 12.1. The van der Waals surface area contributed by atoms with Gasteiger partial charge in [0.15, 0.2) is 6.61 Å². The number of carbonyl (C=O) groups excluding carboxylic acids is 2. The number of carbonyl (C=O) groups is 2. The van der Waals surface area contributed by atoms with Gasteiger partial charge in [-0.15, -0.1) is 0 Å². The van der Waals surface area contributed by atoms with Gasteiger partial charge < -0.3 is 24.6 Å². The highest BCUT2D eigenvalue weighted by Crippen LogP contribution is 2.20. The second-order valence-electron chi connectivity index (χ2n) is 6.00. The zero-order valence-electron chi connectivity index (χ0n) is 16.1. The summed E-state index contributed by atoms with van der Waals surface area (Å²) in [6.45, 7) is 0.251. The van der Waals surface area contributed by atoms with E-state index in [2.05, 4.69) is 20.8 Å². The Bertz CT molecular complexity index is 1010. The summed E-state index contributed by atoms with van der Waals surface area (Å²) in [7, 11) is 1.57. The number of halogens is 1. The van der Waals surface area contributed by atoms with Crippen LogP contribution in [0.5, 0.6) is 11.5 Å². The Hall–Kier alpha value is -3.59. The number of nitrogens with zero attached hydrogens (tertiary/aromatic N) is 2. The fraction of sp³-hybridized carbons (Fsp3) is 0.200. The minimum Gasteiger partial charge on any atom is -0.497 e. The molecule has 0 aliphatic rings. The van der Waals surface area contributed by atoms with Crippen LogP contribution in [0.4, 0.5) is 0 Å². The Kier molecular flexibility index (Phi) is 7.23. The lowest BCUT2D eigenvalue weighted by atomic mass is 10.2. The Labute approximate surface area is 177 Å². The van der Waals surface area contributed by atoms with Gasteiger partial charge in [-0.3, -0.25) is 9.59 Å². The number of hydrogen-bond acceptors (Lipinski definition) is 7. The summed E-state index contributed by atoms with van der Waals surface area (Å²) < 4.78 is 15.4.